The molecule has 0 aliphatic carbocycles. The molecule has 0 radical (unpaired) electrons. The lowest BCUT2D eigenvalue weighted by Crippen LogP contribution is -2.18. The average molecular weight is 475 g/mol. The molecule has 4 aromatic carbocycles. The zero-order chi connectivity index (χ0) is 24.6. The van der Waals surface area contributed by atoms with Gasteiger partial charge in [-0.15, -0.1) is 0 Å². The van der Waals surface area contributed by atoms with Crippen molar-refractivity contribution in [3.8, 4) is 0 Å². The molecule has 176 valence electrons. The van der Waals surface area contributed by atoms with Gasteiger partial charge in [0.1, 0.15) is 16.9 Å². The van der Waals surface area contributed by atoms with E-state index in [1.807, 2.05) is 79.7 Å². The number of hydrogen-bond acceptors (Lipinski definition) is 4. The molecule has 36 heavy (non-hydrogen) atoms. The van der Waals surface area contributed by atoms with Crippen molar-refractivity contribution in [3.63, 3.8) is 0 Å². The molecule has 0 fully saturated rings. The third kappa shape index (κ3) is 3.88. The van der Waals surface area contributed by atoms with E-state index in [0.29, 0.717) is 22.3 Å². The first-order valence-electron chi connectivity index (χ1n) is 11.6. The van der Waals surface area contributed by atoms with Crippen LogP contribution in [0.3, 0.4) is 0 Å². The van der Waals surface area contributed by atoms with Crippen LogP contribution in [0.2, 0.25) is 0 Å². The lowest BCUT2D eigenvalue weighted by atomic mass is 10.0. The standard InChI is InChI=1S/C30H22N2O4/c1-18-7-6-9-21(15-18)31-30(34)29-28(23-11-4-5-12-24(23)36-29)32-26(33)16-20-17-35-25-14-13-19-8-2-3-10-22(19)27(20)25/h2-15,17H,16H2,1H3,(H,31,34)(H,32,33). The summed E-state index contributed by atoms with van der Waals surface area (Å²) in [4.78, 5) is 26.4. The summed E-state index contributed by atoms with van der Waals surface area (Å²) in [7, 11) is 0. The maximum absolute atomic E-state index is 13.3. The Bertz CT molecular complexity index is 1780. The first-order chi connectivity index (χ1) is 17.6. The largest absolute Gasteiger partial charge is 0.464 e. The van der Waals surface area contributed by atoms with Crippen molar-refractivity contribution in [2.45, 2.75) is 13.3 Å². The highest BCUT2D eigenvalue weighted by Crippen LogP contribution is 2.33. The smallest absolute Gasteiger partial charge is 0.293 e. The quantitative estimate of drug-likeness (QED) is 0.280. The number of nitrogens with one attached hydrogen (secondary N) is 2. The zero-order valence-electron chi connectivity index (χ0n) is 19.5. The summed E-state index contributed by atoms with van der Waals surface area (Å²) in [5.41, 5.74) is 4.03. The van der Waals surface area contributed by atoms with Crippen molar-refractivity contribution >= 4 is 55.9 Å². The van der Waals surface area contributed by atoms with Crippen molar-refractivity contribution in [1.82, 2.24) is 0 Å². The van der Waals surface area contributed by atoms with Crippen LogP contribution in [-0.2, 0) is 11.2 Å². The van der Waals surface area contributed by atoms with Gasteiger partial charge >= 0.3 is 0 Å². The molecule has 6 heteroatoms. The van der Waals surface area contributed by atoms with E-state index < -0.39 is 5.91 Å². The van der Waals surface area contributed by atoms with Gasteiger partial charge in [0.05, 0.1) is 12.7 Å². The molecule has 6 aromatic rings. The number of carbonyl (C=O) groups is 2. The lowest BCUT2D eigenvalue weighted by Gasteiger charge is -2.08. The van der Waals surface area contributed by atoms with Crippen LogP contribution in [0.4, 0.5) is 11.4 Å². The fourth-order valence-corrected chi connectivity index (χ4v) is 4.60. The van der Waals surface area contributed by atoms with Gasteiger partial charge in [-0.25, -0.2) is 0 Å². The summed E-state index contributed by atoms with van der Waals surface area (Å²) in [6.45, 7) is 1.95. The molecule has 2 heterocycles. The van der Waals surface area contributed by atoms with Gasteiger partial charge < -0.3 is 19.5 Å². The molecule has 6 nitrogen and oxygen atoms in total. The number of benzene rings is 4. The molecule has 0 bridgehead atoms. The Kier molecular flexibility index (Phi) is 5.26. The van der Waals surface area contributed by atoms with Gasteiger partial charge in [0.2, 0.25) is 11.7 Å². The summed E-state index contributed by atoms with van der Waals surface area (Å²) in [6.07, 6.45) is 1.70. The molecule has 6 rings (SSSR count). The SMILES string of the molecule is Cc1cccc(NC(=O)c2oc3ccccc3c2NC(=O)Cc2coc3ccc4ccccc4c23)c1. The zero-order valence-corrected chi connectivity index (χ0v) is 19.5. The molecule has 2 aromatic heterocycles. The number of furan rings is 2. The number of carbonyl (C=O) groups excluding carboxylic acids is 2. The predicted molar refractivity (Wildman–Crippen MR) is 141 cm³/mol. The first-order valence-corrected chi connectivity index (χ1v) is 11.6. The number of aryl methyl sites for hydroxylation is 1. The average Bonchev–Trinajstić information content (AvgIpc) is 3.46. The molecule has 0 unspecified atom stereocenters. The summed E-state index contributed by atoms with van der Waals surface area (Å²) < 4.78 is 11.6. The van der Waals surface area contributed by atoms with E-state index in [9.17, 15) is 9.59 Å². The molecular weight excluding hydrogens is 452 g/mol. The summed E-state index contributed by atoms with van der Waals surface area (Å²) >= 11 is 0. The van der Waals surface area contributed by atoms with E-state index in [4.69, 9.17) is 8.83 Å². The monoisotopic (exact) mass is 474 g/mol. The van der Waals surface area contributed by atoms with Gasteiger partial charge in [-0.1, -0.05) is 54.6 Å². The minimum absolute atomic E-state index is 0.0496. The highest BCUT2D eigenvalue weighted by atomic mass is 16.3. The molecule has 2 amide bonds. The van der Waals surface area contributed by atoms with E-state index in [-0.39, 0.29) is 18.1 Å². The highest BCUT2D eigenvalue weighted by Gasteiger charge is 2.23. The Morgan fingerprint density at radius 1 is 0.806 bits per heavy atom. The number of hydrogen-bond donors (Lipinski definition) is 2. The van der Waals surface area contributed by atoms with E-state index in [1.54, 1.807) is 18.4 Å². The van der Waals surface area contributed by atoms with Crippen LogP contribution in [0.1, 0.15) is 21.7 Å². The van der Waals surface area contributed by atoms with Gasteiger partial charge in [0.15, 0.2) is 0 Å². The lowest BCUT2D eigenvalue weighted by molar-refractivity contribution is -0.115. The number of fused-ring (bicyclic) bond motifs is 4. The van der Waals surface area contributed by atoms with E-state index in [0.717, 1.165) is 32.9 Å². The second-order valence-corrected chi connectivity index (χ2v) is 8.77. The predicted octanol–water partition coefficient (Wildman–Crippen LogP) is 7.07. The maximum atomic E-state index is 13.3. The van der Waals surface area contributed by atoms with Crippen LogP contribution < -0.4 is 10.6 Å². The Balaban J connectivity index is 1.33. The summed E-state index contributed by atoms with van der Waals surface area (Å²) in [6, 6.07) is 26.6. The molecule has 0 atom stereocenters. The van der Waals surface area contributed by atoms with E-state index >= 15 is 0 Å². The van der Waals surface area contributed by atoms with Crippen LogP contribution in [0, 0.1) is 6.92 Å². The molecule has 0 aliphatic heterocycles. The topological polar surface area (TPSA) is 84.5 Å². The fourth-order valence-electron chi connectivity index (χ4n) is 4.60. The van der Waals surface area contributed by atoms with Crippen molar-refractivity contribution in [1.29, 1.82) is 0 Å². The molecular formula is C30H22N2O4. The van der Waals surface area contributed by atoms with Crippen LogP contribution in [0.25, 0.3) is 32.7 Å². The minimum Gasteiger partial charge on any atom is -0.464 e. The number of amides is 2. The van der Waals surface area contributed by atoms with Gasteiger partial charge in [0.25, 0.3) is 5.91 Å². The molecule has 0 spiro atoms. The van der Waals surface area contributed by atoms with Crippen molar-refractivity contribution in [2.24, 2.45) is 0 Å². The van der Waals surface area contributed by atoms with Gasteiger partial charge in [-0.2, -0.15) is 0 Å². The second-order valence-electron chi connectivity index (χ2n) is 8.77. The Morgan fingerprint density at radius 3 is 2.47 bits per heavy atom. The third-order valence-corrected chi connectivity index (χ3v) is 6.23. The first kappa shape index (κ1) is 21.7. The van der Waals surface area contributed by atoms with Crippen molar-refractivity contribution in [2.75, 3.05) is 10.6 Å². The molecule has 0 aliphatic rings. The van der Waals surface area contributed by atoms with Crippen molar-refractivity contribution in [3.05, 3.63) is 108 Å². The van der Waals surface area contributed by atoms with Crippen LogP contribution in [-0.4, -0.2) is 11.8 Å². The Hall–Kier alpha value is -4.84. The summed E-state index contributed by atoms with van der Waals surface area (Å²) in [5, 5.41) is 9.46. The van der Waals surface area contributed by atoms with Crippen LogP contribution in [0.5, 0.6) is 0 Å². The third-order valence-electron chi connectivity index (χ3n) is 6.23. The van der Waals surface area contributed by atoms with Gasteiger partial charge in [-0.3, -0.25) is 9.59 Å². The minimum atomic E-state index is -0.438. The van der Waals surface area contributed by atoms with E-state index in [2.05, 4.69) is 10.6 Å². The Morgan fingerprint density at radius 2 is 1.61 bits per heavy atom. The highest BCUT2D eigenvalue weighted by molar-refractivity contribution is 6.15. The second kappa shape index (κ2) is 8.74. The van der Waals surface area contributed by atoms with Crippen LogP contribution in [0.15, 0.2) is 100 Å². The van der Waals surface area contributed by atoms with Crippen LogP contribution >= 0.6 is 0 Å². The molecule has 2 N–H and O–H groups in total. The molecule has 0 saturated carbocycles. The number of rotatable bonds is 5. The van der Waals surface area contributed by atoms with E-state index in [1.165, 1.54) is 0 Å². The normalized spacial score (nSPS) is 11.2. The van der Waals surface area contributed by atoms with Gasteiger partial charge in [-0.05, 0) is 53.6 Å². The summed E-state index contributed by atoms with van der Waals surface area (Å²) in [5.74, 6) is -0.665. The van der Waals surface area contributed by atoms with Gasteiger partial charge in [0, 0.05) is 22.0 Å². The Labute approximate surface area is 206 Å². The van der Waals surface area contributed by atoms with Crippen molar-refractivity contribution < 1.29 is 18.4 Å². The number of para-hydroxylation sites is 1. The maximum Gasteiger partial charge on any atom is 0.293 e. The number of anilines is 2. The fraction of sp³-hybridized carbons (Fsp3) is 0.0667. The molecule has 0 saturated heterocycles.